The summed E-state index contributed by atoms with van der Waals surface area (Å²) in [7, 11) is 0. The molecule has 2 aliphatic rings. The zero-order valence-corrected chi connectivity index (χ0v) is 15.3. The molecule has 2 unspecified atom stereocenters. The van der Waals surface area contributed by atoms with Crippen molar-refractivity contribution < 1.29 is 9.59 Å². The van der Waals surface area contributed by atoms with Gasteiger partial charge in [0.2, 0.25) is 0 Å². The third-order valence-corrected chi connectivity index (χ3v) is 5.58. The molecule has 3 rings (SSSR count). The molecule has 1 aromatic carbocycles. The number of carbonyl (C=O) groups excluding carboxylic acids is 2. The number of anilines is 1. The minimum Gasteiger partial charge on any atom is -0.399 e. The lowest BCUT2D eigenvalue weighted by atomic mass is 9.99. The highest BCUT2D eigenvalue weighted by Crippen LogP contribution is 2.24. The molecule has 5 nitrogen and oxygen atoms in total. The summed E-state index contributed by atoms with van der Waals surface area (Å²) in [4.78, 5) is 29.7. The highest BCUT2D eigenvalue weighted by atomic mass is 16.2. The Morgan fingerprint density at radius 3 is 1.68 bits per heavy atom. The average molecular weight is 343 g/mol. The second kappa shape index (κ2) is 7.46. The summed E-state index contributed by atoms with van der Waals surface area (Å²) in [5.41, 5.74) is 7.56. The van der Waals surface area contributed by atoms with E-state index in [1.54, 1.807) is 18.2 Å². The number of piperidine rings is 2. The molecule has 0 aliphatic carbocycles. The number of likely N-dealkylation sites (tertiary alicyclic amines) is 2. The monoisotopic (exact) mass is 343 g/mol. The van der Waals surface area contributed by atoms with Crippen LogP contribution in [0, 0.1) is 0 Å². The van der Waals surface area contributed by atoms with E-state index < -0.39 is 0 Å². The van der Waals surface area contributed by atoms with Gasteiger partial charge in [-0.1, -0.05) is 0 Å². The third kappa shape index (κ3) is 3.80. The van der Waals surface area contributed by atoms with Gasteiger partial charge in [-0.25, -0.2) is 0 Å². The molecule has 2 amide bonds. The molecular weight excluding hydrogens is 314 g/mol. The highest BCUT2D eigenvalue weighted by molar-refractivity contribution is 6.01. The van der Waals surface area contributed by atoms with E-state index in [1.165, 1.54) is 12.8 Å². The molecule has 2 atom stereocenters. The van der Waals surface area contributed by atoms with Gasteiger partial charge in [-0.15, -0.1) is 0 Å². The molecule has 5 heteroatoms. The first kappa shape index (κ1) is 17.8. The minimum atomic E-state index is -0.0137. The van der Waals surface area contributed by atoms with Crippen molar-refractivity contribution in [1.82, 2.24) is 9.80 Å². The van der Waals surface area contributed by atoms with E-state index in [-0.39, 0.29) is 23.9 Å². The Morgan fingerprint density at radius 1 is 0.840 bits per heavy atom. The largest absolute Gasteiger partial charge is 0.399 e. The fraction of sp³-hybridized carbons (Fsp3) is 0.600. The molecule has 2 aliphatic heterocycles. The minimum absolute atomic E-state index is 0.0137. The van der Waals surface area contributed by atoms with E-state index in [2.05, 4.69) is 13.8 Å². The topological polar surface area (TPSA) is 66.6 Å². The molecule has 25 heavy (non-hydrogen) atoms. The van der Waals surface area contributed by atoms with Crippen molar-refractivity contribution in [1.29, 1.82) is 0 Å². The standard InChI is InChI=1S/C20H29N3O2/c1-14-7-3-5-9-22(14)19(24)16-11-17(13-18(21)12-16)20(25)23-10-6-4-8-15(23)2/h11-15H,3-10,21H2,1-2H3. The first-order valence-corrected chi connectivity index (χ1v) is 9.50. The Kier molecular flexibility index (Phi) is 5.30. The average Bonchev–Trinajstić information content (AvgIpc) is 2.61. The predicted molar refractivity (Wildman–Crippen MR) is 99.6 cm³/mol. The molecule has 1 aromatic rings. The number of amides is 2. The smallest absolute Gasteiger partial charge is 0.254 e. The van der Waals surface area contributed by atoms with Crippen molar-refractivity contribution in [3.05, 3.63) is 29.3 Å². The molecule has 2 fully saturated rings. The summed E-state index contributed by atoms with van der Waals surface area (Å²) in [5.74, 6) is -0.0273. The van der Waals surface area contributed by atoms with Crippen LogP contribution in [0.4, 0.5) is 5.69 Å². The fourth-order valence-corrected chi connectivity index (χ4v) is 4.03. The summed E-state index contributed by atoms with van der Waals surface area (Å²) in [6.45, 7) is 5.73. The molecule has 2 saturated heterocycles. The molecule has 0 aromatic heterocycles. The summed E-state index contributed by atoms with van der Waals surface area (Å²) < 4.78 is 0. The Morgan fingerprint density at radius 2 is 1.28 bits per heavy atom. The van der Waals surface area contributed by atoms with Crippen molar-refractivity contribution >= 4 is 17.5 Å². The van der Waals surface area contributed by atoms with Crippen LogP contribution in [0.3, 0.4) is 0 Å². The number of rotatable bonds is 2. The van der Waals surface area contributed by atoms with Crippen LogP contribution in [-0.2, 0) is 0 Å². The lowest BCUT2D eigenvalue weighted by molar-refractivity contribution is 0.0634. The van der Waals surface area contributed by atoms with Gasteiger partial charge >= 0.3 is 0 Å². The molecule has 136 valence electrons. The Balaban J connectivity index is 1.85. The number of benzene rings is 1. The van der Waals surface area contributed by atoms with E-state index in [0.717, 1.165) is 38.8 Å². The Labute approximate surface area is 150 Å². The summed E-state index contributed by atoms with van der Waals surface area (Å²) in [5, 5.41) is 0. The zero-order valence-electron chi connectivity index (χ0n) is 15.3. The molecule has 0 spiro atoms. The maximum Gasteiger partial charge on any atom is 0.254 e. The van der Waals surface area contributed by atoms with Gasteiger partial charge in [0, 0.05) is 42.0 Å². The molecule has 0 bridgehead atoms. The van der Waals surface area contributed by atoms with E-state index in [1.807, 2.05) is 9.80 Å². The molecule has 2 heterocycles. The van der Waals surface area contributed by atoms with Gasteiger partial charge in [0.05, 0.1) is 0 Å². The van der Waals surface area contributed by atoms with Crippen LogP contribution in [-0.4, -0.2) is 46.8 Å². The Bertz CT molecular complexity index is 606. The van der Waals surface area contributed by atoms with Crippen LogP contribution >= 0.6 is 0 Å². The maximum absolute atomic E-state index is 12.9. The number of nitrogens with two attached hydrogens (primary N) is 1. The predicted octanol–water partition coefficient (Wildman–Crippen LogP) is 3.30. The van der Waals surface area contributed by atoms with Gasteiger partial charge < -0.3 is 15.5 Å². The van der Waals surface area contributed by atoms with Crippen LogP contribution in [0.2, 0.25) is 0 Å². The van der Waals surface area contributed by atoms with Gasteiger partial charge in [0.1, 0.15) is 0 Å². The zero-order chi connectivity index (χ0) is 18.0. The number of hydrogen-bond donors (Lipinski definition) is 1. The van der Waals surface area contributed by atoms with Gasteiger partial charge in [-0.3, -0.25) is 9.59 Å². The molecule has 2 N–H and O–H groups in total. The SMILES string of the molecule is CC1CCCCN1C(=O)c1cc(N)cc(C(=O)N2CCCCC2C)c1. The van der Waals surface area contributed by atoms with E-state index in [9.17, 15) is 9.59 Å². The van der Waals surface area contributed by atoms with Crippen molar-refractivity contribution in [2.75, 3.05) is 18.8 Å². The number of nitrogens with zero attached hydrogens (tertiary/aromatic N) is 2. The van der Waals surface area contributed by atoms with Crippen LogP contribution in [0.25, 0.3) is 0 Å². The number of hydrogen-bond acceptors (Lipinski definition) is 3. The first-order chi connectivity index (χ1) is 12.0. The van der Waals surface area contributed by atoms with E-state index in [4.69, 9.17) is 5.73 Å². The van der Waals surface area contributed by atoms with Crippen LogP contribution in [0.15, 0.2) is 18.2 Å². The molecular formula is C20H29N3O2. The van der Waals surface area contributed by atoms with Gasteiger partial charge in [-0.2, -0.15) is 0 Å². The molecule has 0 radical (unpaired) electrons. The van der Waals surface area contributed by atoms with Gasteiger partial charge in [0.15, 0.2) is 0 Å². The lowest BCUT2D eigenvalue weighted by Crippen LogP contribution is -2.43. The first-order valence-electron chi connectivity index (χ1n) is 9.50. The summed E-state index contributed by atoms with van der Waals surface area (Å²) in [6.07, 6.45) is 6.47. The fourth-order valence-electron chi connectivity index (χ4n) is 4.03. The maximum atomic E-state index is 12.9. The van der Waals surface area contributed by atoms with Gasteiger partial charge in [-0.05, 0) is 70.6 Å². The number of nitrogen functional groups attached to an aromatic ring is 1. The second-order valence-electron chi connectivity index (χ2n) is 7.53. The van der Waals surface area contributed by atoms with Crippen LogP contribution < -0.4 is 5.73 Å². The molecule has 0 saturated carbocycles. The highest BCUT2D eigenvalue weighted by Gasteiger charge is 2.27. The second-order valence-corrected chi connectivity index (χ2v) is 7.53. The Hall–Kier alpha value is -2.04. The van der Waals surface area contributed by atoms with Crippen LogP contribution in [0.5, 0.6) is 0 Å². The van der Waals surface area contributed by atoms with Crippen molar-refractivity contribution in [3.63, 3.8) is 0 Å². The summed E-state index contributed by atoms with van der Waals surface area (Å²) >= 11 is 0. The van der Waals surface area contributed by atoms with E-state index >= 15 is 0 Å². The van der Waals surface area contributed by atoms with Crippen molar-refractivity contribution in [2.24, 2.45) is 0 Å². The lowest BCUT2D eigenvalue weighted by Gasteiger charge is -2.34. The van der Waals surface area contributed by atoms with Gasteiger partial charge in [0.25, 0.3) is 11.8 Å². The quantitative estimate of drug-likeness (QED) is 0.838. The number of carbonyl (C=O) groups is 2. The van der Waals surface area contributed by atoms with E-state index in [0.29, 0.717) is 16.8 Å². The van der Waals surface area contributed by atoms with Crippen LogP contribution in [0.1, 0.15) is 73.1 Å². The summed E-state index contributed by atoms with van der Waals surface area (Å²) in [6, 6.07) is 5.59. The van der Waals surface area contributed by atoms with Crippen molar-refractivity contribution in [3.8, 4) is 0 Å². The third-order valence-electron chi connectivity index (χ3n) is 5.58. The normalized spacial score (nSPS) is 24.2. The van der Waals surface area contributed by atoms with Crippen molar-refractivity contribution in [2.45, 2.75) is 64.5 Å².